The number of anilines is 2. The molecule has 282 valence electrons. The van der Waals surface area contributed by atoms with Crippen molar-refractivity contribution < 1.29 is 38.2 Å². The third-order valence-corrected chi connectivity index (χ3v) is 10.5. The van der Waals surface area contributed by atoms with Gasteiger partial charge in [-0.3, -0.25) is 29.0 Å². The topological polar surface area (TPSA) is 151 Å². The number of rotatable bonds is 26. The summed E-state index contributed by atoms with van der Waals surface area (Å²) in [4.78, 5) is 77.3. The Morgan fingerprint density at radius 1 is 0.686 bits per heavy atom. The Hall–Kier alpha value is -3.87. The molecule has 0 saturated carbocycles. The van der Waals surface area contributed by atoms with Gasteiger partial charge in [0, 0.05) is 56.1 Å². The number of methoxy groups -OCH3 is 2. The molecular weight excluding hydrogens is 673 g/mol. The highest BCUT2D eigenvalue weighted by Gasteiger charge is 2.38. The summed E-state index contributed by atoms with van der Waals surface area (Å²) in [5.41, 5.74) is 0.689. The number of imide groups is 2. The van der Waals surface area contributed by atoms with Crippen LogP contribution in [0.2, 0.25) is 0 Å². The van der Waals surface area contributed by atoms with Gasteiger partial charge < -0.3 is 20.1 Å². The van der Waals surface area contributed by atoms with Gasteiger partial charge in [0.05, 0.1) is 30.6 Å². The Labute approximate surface area is 306 Å². The van der Waals surface area contributed by atoms with E-state index >= 15 is 0 Å². The highest BCUT2D eigenvalue weighted by Crippen LogP contribution is 2.29. The van der Waals surface area contributed by atoms with E-state index in [1.54, 1.807) is 11.8 Å². The minimum atomic E-state index is -0.685. The van der Waals surface area contributed by atoms with Crippen LogP contribution < -0.4 is 10.6 Å². The van der Waals surface area contributed by atoms with E-state index in [-0.39, 0.29) is 72.2 Å². The molecule has 12 nitrogen and oxygen atoms in total. The van der Waals surface area contributed by atoms with Crippen LogP contribution in [-0.2, 0) is 28.7 Å². The van der Waals surface area contributed by atoms with E-state index in [1.807, 2.05) is 0 Å². The molecule has 0 aromatic heterocycles. The highest BCUT2D eigenvalue weighted by atomic mass is 32.2. The predicted molar refractivity (Wildman–Crippen MR) is 200 cm³/mol. The van der Waals surface area contributed by atoms with E-state index < -0.39 is 23.8 Å². The molecule has 1 fully saturated rings. The number of amides is 4. The number of benzene rings is 1. The molecule has 1 aromatic carbocycles. The quantitative estimate of drug-likeness (QED) is 0.0624. The molecule has 2 aliphatic heterocycles. The maximum absolute atomic E-state index is 13.1. The third kappa shape index (κ3) is 13.3. The minimum absolute atomic E-state index is 0.0372. The normalized spacial score (nSPS) is 15.6. The Bertz CT molecular complexity index is 1370. The van der Waals surface area contributed by atoms with E-state index in [4.69, 9.17) is 9.47 Å². The lowest BCUT2D eigenvalue weighted by atomic mass is 10.0. The molecule has 1 atom stereocenters. The van der Waals surface area contributed by atoms with Gasteiger partial charge in [0.25, 0.3) is 11.8 Å². The molecule has 3 rings (SSSR count). The molecule has 4 amide bonds. The molecule has 1 aromatic rings. The van der Waals surface area contributed by atoms with Gasteiger partial charge in [0.15, 0.2) is 0 Å². The summed E-state index contributed by atoms with van der Waals surface area (Å²) < 4.78 is 9.89. The number of carbonyl (C=O) groups is 6. The molecule has 51 heavy (non-hydrogen) atoms. The van der Waals surface area contributed by atoms with Crippen molar-refractivity contribution in [1.29, 1.82) is 0 Å². The van der Waals surface area contributed by atoms with Crippen LogP contribution in [0.25, 0.3) is 0 Å². The molecule has 2 heterocycles. The first-order valence-electron chi connectivity index (χ1n) is 18.5. The van der Waals surface area contributed by atoms with Crippen LogP contribution in [0.5, 0.6) is 0 Å². The van der Waals surface area contributed by atoms with Crippen molar-refractivity contribution >= 4 is 58.7 Å². The summed E-state index contributed by atoms with van der Waals surface area (Å²) in [5.74, 6) is -1.83. The monoisotopic (exact) mass is 728 g/mol. The molecular formula is C38H56N4O8S. The minimum Gasteiger partial charge on any atom is -0.465 e. The van der Waals surface area contributed by atoms with Crippen LogP contribution in [0.15, 0.2) is 24.3 Å². The van der Waals surface area contributed by atoms with Crippen LogP contribution in [0.3, 0.4) is 0 Å². The lowest BCUT2D eigenvalue weighted by molar-refractivity contribution is -0.139. The van der Waals surface area contributed by atoms with E-state index in [2.05, 4.69) is 17.6 Å². The third-order valence-electron chi connectivity index (χ3n) is 9.19. The van der Waals surface area contributed by atoms with Gasteiger partial charge in [-0.15, -0.1) is 11.8 Å². The van der Waals surface area contributed by atoms with Crippen molar-refractivity contribution in [3.8, 4) is 0 Å². The SMILES string of the molecule is CCCCCCCCCCCCCCCCSC1CC(=O)N(CCNc2cc(C(=O)OC)c(NCCN3C(=O)C=CC3=O)cc2C(=O)OC)C1=O. The molecule has 13 heteroatoms. The predicted octanol–water partition coefficient (Wildman–Crippen LogP) is 6.35. The summed E-state index contributed by atoms with van der Waals surface area (Å²) in [7, 11) is 2.45. The molecule has 1 unspecified atom stereocenters. The summed E-state index contributed by atoms with van der Waals surface area (Å²) in [5, 5.41) is 5.69. The van der Waals surface area contributed by atoms with Crippen molar-refractivity contribution in [3.05, 3.63) is 35.4 Å². The maximum Gasteiger partial charge on any atom is 0.340 e. The zero-order valence-electron chi connectivity index (χ0n) is 30.6. The largest absolute Gasteiger partial charge is 0.465 e. The summed E-state index contributed by atoms with van der Waals surface area (Å²) in [6.07, 6.45) is 20.6. The molecule has 2 N–H and O–H groups in total. The molecule has 0 radical (unpaired) electrons. The van der Waals surface area contributed by atoms with Gasteiger partial charge in [-0.1, -0.05) is 90.4 Å². The lowest BCUT2D eigenvalue weighted by Crippen LogP contribution is -2.35. The number of nitrogens with one attached hydrogen (secondary N) is 2. The molecule has 1 saturated heterocycles. The lowest BCUT2D eigenvalue weighted by Gasteiger charge is -2.20. The number of hydrogen-bond donors (Lipinski definition) is 2. The number of thioether (sulfide) groups is 1. The van der Waals surface area contributed by atoms with Gasteiger partial charge in [-0.05, 0) is 24.3 Å². The number of carbonyl (C=O) groups excluding carboxylic acids is 6. The van der Waals surface area contributed by atoms with Crippen LogP contribution in [0.1, 0.15) is 124 Å². The van der Waals surface area contributed by atoms with Crippen molar-refractivity contribution in [2.75, 3.05) is 56.8 Å². The van der Waals surface area contributed by atoms with Crippen LogP contribution in [0.4, 0.5) is 11.4 Å². The Kier molecular flexibility index (Phi) is 18.6. The summed E-state index contributed by atoms with van der Waals surface area (Å²) in [6.45, 7) is 2.62. The molecule has 0 bridgehead atoms. The standard InChI is InChI=1S/C38H56N4O8S/c1-4-5-6-7-8-9-10-11-12-13-14-15-16-17-24-51-32-27-35(45)42(36(32)46)23-21-40-31-26-28(37(47)49-2)30(25-29(31)38(48)50-3)39-20-22-41-33(43)18-19-34(41)44/h18-19,25-26,32,39-40H,4-17,20-24,27H2,1-3H3. The molecule has 0 spiro atoms. The number of unbranched alkanes of at least 4 members (excludes halogenated alkanes) is 13. The fourth-order valence-corrected chi connectivity index (χ4v) is 7.43. The summed E-state index contributed by atoms with van der Waals surface area (Å²) >= 11 is 1.55. The van der Waals surface area contributed by atoms with E-state index in [1.165, 1.54) is 120 Å². The molecule has 2 aliphatic rings. The molecule has 0 aliphatic carbocycles. The van der Waals surface area contributed by atoms with Crippen molar-refractivity contribution in [2.45, 2.75) is 108 Å². The van der Waals surface area contributed by atoms with E-state index in [0.717, 1.165) is 23.5 Å². The van der Waals surface area contributed by atoms with Gasteiger partial charge in [-0.2, -0.15) is 0 Å². The number of ether oxygens (including phenoxy) is 2. The second-order valence-corrected chi connectivity index (χ2v) is 14.3. The summed E-state index contributed by atoms with van der Waals surface area (Å²) in [6, 6.07) is 2.85. The number of nitrogens with zero attached hydrogens (tertiary/aromatic N) is 2. The second kappa shape index (κ2) is 22.8. The Morgan fingerprint density at radius 3 is 1.57 bits per heavy atom. The van der Waals surface area contributed by atoms with Gasteiger partial charge in [0.1, 0.15) is 0 Å². The van der Waals surface area contributed by atoms with Gasteiger partial charge in [-0.25, -0.2) is 9.59 Å². The fourth-order valence-electron chi connectivity index (χ4n) is 6.25. The Morgan fingerprint density at radius 2 is 1.12 bits per heavy atom. The smallest absolute Gasteiger partial charge is 0.340 e. The number of esters is 2. The van der Waals surface area contributed by atoms with Crippen LogP contribution in [-0.4, -0.2) is 96.8 Å². The average molecular weight is 729 g/mol. The van der Waals surface area contributed by atoms with Crippen LogP contribution in [0, 0.1) is 0 Å². The zero-order valence-corrected chi connectivity index (χ0v) is 31.4. The maximum atomic E-state index is 13.1. The van der Waals surface area contributed by atoms with Gasteiger partial charge >= 0.3 is 11.9 Å². The number of likely N-dealkylation sites (tertiary alicyclic amines) is 1. The first kappa shape index (κ1) is 41.5. The first-order chi connectivity index (χ1) is 24.7. The van der Waals surface area contributed by atoms with Crippen molar-refractivity contribution in [3.63, 3.8) is 0 Å². The average Bonchev–Trinajstić information content (AvgIpc) is 3.60. The van der Waals surface area contributed by atoms with Crippen LogP contribution >= 0.6 is 11.8 Å². The van der Waals surface area contributed by atoms with Crippen molar-refractivity contribution in [1.82, 2.24) is 9.80 Å². The first-order valence-corrected chi connectivity index (χ1v) is 19.6. The van der Waals surface area contributed by atoms with Gasteiger partial charge in [0.2, 0.25) is 11.8 Å². The van der Waals surface area contributed by atoms with E-state index in [0.29, 0.717) is 0 Å². The Balaban J connectivity index is 1.42. The zero-order chi connectivity index (χ0) is 37.0. The fraction of sp³-hybridized carbons (Fsp3) is 0.632. The van der Waals surface area contributed by atoms with E-state index in [9.17, 15) is 28.8 Å². The second-order valence-electron chi connectivity index (χ2n) is 13.0. The number of hydrogen-bond acceptors (Lipinski definition) is 11. The highest BCUT2D eigenvalue weighted by molar-refractivity contribution is 8.00. The van der Waals surface area contributed by atoms with Crippen molar-refractivity contribution in [2.24, 2.45) is 0 Å².